The van der Waals surface area contributed by atoms with Crippen LogP contribution in [0.3, 0.4) is 0 Å². The van der Waals surface area contributed by atoms with Crippen LogP contribution < -0.4 is 11.1 Å². The molecule has 2 aromatic heterocycles. The van der Waals surface area contributed by atoms with Gasteiger partial charge in [-0.05, 0) is 12.3 Å². The first-order chi connectivity index (χ1) is 9.54. The number of rotatable bonds is 6. The third kappa shape index (κ3) is 3.89. The van der Waals surface area contributed by atoms with Gasteiger partial charge >= 0.3 is 0 Å². The minimum Gasteiger partial charge on any atom is -0.391 e. The molecule has 1 unspecified atom stereocenters. The fraction of sp³-hybridized carbons (Fsp3) is 0.500. The van der Waals surface area contributed by atoms with Crippen LogP contribution in [0.15, 0.2) is 18.7 Å². The van der Waals surface area contributed by atoms with E-state index in [4.69, 9.17) is 5.73 Å². The van der Waals surface area contributed by atoms with Crippen molar-refractivity contribution in [2.24, 2.45) is 5.92 Å². The van der Waals surface area contributed by atoms with Crippen LogP contribution in [0.2, 0.25) is 0 Å². The summed E-state index contributed by atoms with van der Waals surface area (Å²) in [4.78, 5) is 16.2. The van der Waals surface area contributed by atoms with Crippen LogP contribution in [0.25, 0.3) is 5.95 Å². The Balaban J connectivity index is 2.05. The highest BCUT2D eigenvalue weighted by Crippen LogP contribution is 2.08. The molecule has 108 valence electrons. The Morgan fingerprint density at radius 2 is 2.15 bits per heavy atom. The van der Waals surface area contributed by atoms with Crippen molar-refractivity contribution in [3.05, 3.63) is 18.7 Å². The second-order valence-corrected chi connectivity index (χ2v) is 4.95. The Kier molecular flexibility index (Phi) is 4.46. The maximum absolute atomic E-state index is 9.82. The van der Waals surface area contributed by atoms with E-state index in [0.717, 1.165) is 0 Å². The summed E-state index contributed by atoms with van der Waals surface area (Å²) in [6.45, 7) is 4.48. The van der Waals surface area contributed by atoms with E-state index in [0.29, 0.717) is 30.8 Å². The molecule has 1 atom stereocenters. The van der Waals surface area contributed by atoms with Crippen molar-refractivity contribution in [2.45, 2.75) is 26.4 Å². The van der Waals surface area contributed by atoms with Gasteiger partial charge in [0.2, 0.25) is 17.8 Å². The van der Waals surface area contributed by atoms with E-state index in [1.165, 1.54) is 0 Å². The molecule has 0 aliphatic rings. The summed E-state index contributed by atoms with van der Waals surface area (Å²) in [7, 11) is 0. The van der Waals surface area contributed by atoms with Crippen LogP contribution in [0.5, 0.6) is 0 Å². The van der Waals surface area contributed by atoms with Crippen molar-refractivity contribution in [2.75, 3.05) is 17.6 Å². The minimum absolute atomic E-state index is 0.115. The fourth-order valence-corrected chi connectivity index (χ4v) is 1.79. The number of aliphatic hydroxyl groups is 1. The largest absolute Gasteiger partial charge is 0.391 e. The minimum atomic E-state index is -0.454. The zero-order chi connectivity index (χ0) is 14.5. The van der Waals surface area contributed by atoms with E-state index in [9.17, 15) is 5.11 Å². The lowest BCUT2D eigenvalue weighted by Crippen LogP contribution is -2.22. The number of aliphatic hydroxyl groups excluding tert-OH is 1. The van der Waals surface area contributed by atoms with Gasteiger partial charge in [-0.25, -0.2) is 4.98 Å². The van der Waals surface area contributed by atoms with Gasteiger partial charge in [0, 0.05) is 18.9 Å². The van der Waals surface area contributed by atoms with Gasteiger partial charge in [-0.1, -0.05) is 13.8 Å². The number of nitrogens with zero attached hydrogens (tertiary/aromatic N) is 5. The van der Waals surface area contributed by atoms with E-state index in [1.54, 1.807) is 23.3 Å². The first-order valence-corrected chi connectivity index (χ1v) is 6.46. The van der Waals surface area contributed by atoms with Gasteiger partial charge < -0.3 is 16.2 Å². The van der Waals surface area contributed by atoms with Gasteiger partial charge in [0.1, 0.15) is 6.33 Å². The van der Waals surface area contributed by atoms with Crippen molar-refractivity contribution in [1.29, 1.82) is 0 Å². The Labute approximate surface area is 117 Å². The molecular weight excluding hydrogens is 258 g/mol. The van der Waals surface area contributed by atoms with E-state index >= 15 is 0 Å². The summed E-state index contributed by atoms with van der Waals surface area (Å²) in [5, 5.41) is 12.8. The van der Waals surface area contributed by atoms with Gasteiger partial charge in [0.25, 0.3) is 0 Å². The van der Waals surface area contributed by atoms with Crippen LogP contribution in [0, 0.1) is 5.92 Å². The van der Waals surface area contributed by atoms with Crippen LogP contribution in [0.1, 0.15) is 20.3 Å². The molecule has 0 radical (unpaired) electrons. The molecule has 0 spiro atoms. The summed E-state index contributed by atoms with van der Waals surface area (Å²) in [5.74, 6) is 1.26. The quantitative estimate of drug-likeness (QED) is 0.702. The molecule has 0 amide bonds. The highest BCUT2D eigenvalue weighted by Gasteiger charge is 2.10. The number of aromatic nitrogens is 5. The van der Waals surface area contributed by atoms with E-state index in [1.807, 2.05) is 0 Å². The van der Waals surface area contributed by atoms with Crippen molar-refractivity contribution in [3.8, 4) is 5.95 Å². The molecule has 0 aliphatic heterocycles. The molecule has 0 saturated carbocycles. The molecule has 4 N–H and O–H groups in total. The third-order valence-electron chi connectivity index (χ3n) is 2.62. The highest BCUT2D eigenvalue weighted by molar-refractivity contribution is 5.35. The number of nitrogens with one attached hydrogen (secondary N) is 1. The lowest BCUT2D eigenvalue weighted by Gasteiger charge is -2.14. The zero-order valence-electron chi connectivity index (χ0n) is 11.6. The molecule has 2 aromatic rings. The second-order valence-electron chi connectivity index (χ2n) is 4.95. The molecule has 0 saturated heterocycles. The van der Waals surface area contributed by atoms with Gasteiger partial charge in [-0.3, -0.25) is 4.57 Å². The number of hydrogen-bond acceptors (Lipinski definition) is 7. The van der Waals surface area contributed by atoms with E-state index in [-0.39, 0.29) is 5.95 Å². The number of imidazole rings is 1. The molecule has 2 heterocycles. The molecule has 0 aliphatic carbocycles. The van der Waals surface area contributed by atoms with Gasteiger partial charge in [-0.15, -0.1) is 0 Å². The Bertz CT molecular complexity index is 541. The summed E-state index contributed by atoms with van der Waals surface area (Å²) >= 11 is 0. The Morgan fingerprint density at radius 3 is 2.80 bits per heavy atom. The molecule has 20 heavy (non-hydrogen) atoms. The smallest absolute Gasteiger partial charge is 0.241 e. The zero-order valence-corrected chi connectivity index (χ0v) is 11.6. The van der Waals surface area contributed by atoms with Gasteiger partial charge in [-0.2, -0.15) is 15.0 Å². The molecule has 0 aromatic carbocycles. The molecular formula is C12H19N7O. The van der Waals surface area contributed by atoms with E-state index < -0.39 is 6.10 Å². The number of anilines is 2. The number of hydrogen-bond donors (Lipinski definition) is 3. The molecule has 8 nitrogen and oxygen atoms in total. The van der Waals surface area contributed by atoms with Crippen molar-refractivity contribution < 1.29 is 5.11 Å². The lowest BCUT2D eigenvalue weighted by atomic mass is 10.1. The van der Waals surface area contributed by atoms with Crippen LogP contribution in [-0.2, 0) is 0 Å². The lowest BCUT2D eigenvalue weighted by molar-refractivity contribution is 0.161. The summed E-state index contributed by atoms with van der Waals surface area (Å²) < 4.78 is 1.63. The Hall–Kier alpha value is -2.22. The first kappa shape index (κ1) is 14.2. The molecule has 2 rings (SSSR count). The van der Waals surface area contributed by atoms with E-state index in [2.05, 4.69) is 39.1 Å². The van der Waals surface area contributed by atoms with Crippen molar-refractivity contribution >= 4 is 11.9 Å². The first-order valence-electron chi connectivity index (χ1n) is 6.46. The van der Waals surface area contributed by atoms with Crippen molar-refractivity contribution in [1.82, 2.24) is 24.5 Å². The SMILES string of the molecule is CC(C)CC(O)CNc1nc(N)nc(-n2ccnc2)n1. The second kappa shape index (κ2) is 6.29. The van der Waals surface area contributed by atoms with Gasteiger partial charge in [0.05, 0.1) is 6.10 Å². The third-order valence-corrected chi connectivity index (χ3v) is 2.62. The fourth-order valence-electron chi connectivity index (χ4n) is 1.79. The van der Waals surface area contributed by atoms with Crippen molar-refractivity contribution in [3.63, 3.8) is 0 Å². The number of nitrogens with two attached hydrogens (primary N) is 1. The maximum Gasteiger partial charge on any atom is 0.241 e. The molecule has 8 heteroatoms. The average molecular weight is 277 g/mol. The standard InChI is InChI=1S/C12H19N7O/c1-8(2)5-9(20)6-15-11-16-10(13)17-12(18-11)19-4-3-14-7-19/h3-4,7-9,20H,5-6H2,1-2H3,(H3,13,15,16,17,18). The van der Waals surface area contributed by atoms with Gasteiger partial charge in [0.15, 0.2) is 0 Å². The topological polar surface area (TPSA) is 115 Å². The normalized spacial score (nSPS) is 12.6. The predicted molar refractivity (Wildman–Crippen MR) is 75.3 cm³/mol. The number of nitrogen functional groups attached to an aromatic ring is 1. The highest BCUT2D eigenvalue weighted by atomic mass is 16.3. The predicted octanol–water partition coefficient (Wildman–Crippen LogP) is 0.458. The summed E-state index contributed by atoms with van der Waals surface area (Å²) in [6.07, 6.45) is 5.17. The Morgan fingerprint density at radius 1 is 1.35 bits per heavy atom. The summed E-state index contributed by atoms with van der Waals surface area (Å²) in [6, 6.07) is 0. The monoisotopic (exact) mass is 277 g/mol. The van der Waals surface area contributed by atoms with Crippen LogP contribution in [-0.4, -0.2) is 42.3 Å². The average Bonchev–Trinajstić information content (AvgIpc) is 2.89. The molecule has 0 fully saturated rings. The van der Waals surface area contributed by atoms with Crippen LogP contribution in [0.4, 0.5) is 11.9 Å². The van der Waals surface area contributed by atoms with Crippen LogP contribution >= 0.6 is 0 Å². The summed E-state index contributed by atoms with van der Waals surface area (Å²) in [5.41, 5.74) is 5.65. The maximum atomic E-state index is 9.82. The molecule has 0 bridgehead atoms.